The molecule has 2 aromatic rings. The van der Waals surface area contributed by atoms with E-state index in [4.69, 9.17) is 16.7 Å². The van der Waals surface area contributed by atoms with Crippen molar-refractivity contribution in [1.29, 1.82) is 0 Å². The number of amides is 1. The zero-order chi connectivity index (χ0) is 21.1. The van der Waals surface area contributed by atoms with E-state index >= 15 is 0 Å². The molecule has 1 atom stereocenters. The number of carbonyl (C=O) groups excluding carboxylic acids is 1. The minimum Gasteiger partial charge on any atom is -0.360 e. The van der Waals surface area contributed by atoms with Gasteiger partial charge < -0.3 is 20.1 Å². The van der Waals surface area contributed by atoms with Gasteiger partial charge in [0.05, 0.1) is 16.5 Å². The van der Waals surface area contributed by atoms with Crippen molar-refractivity contribution >= 4 is 34.7 Å². The molecule has 0 unspecified atom stereocenters. The zero-order valence-corrected chi connectivity index (χ0v) is 16.7. The molecule has 1 aliphatic heterocycles. The lowest BCUT2D eigenvalue weighted by molar-refractivity contribution is -0.384. The average Bonchev–Trinajstić information content (AvgIpc) is 3.09. The van der Waals surface area contributed by atoms with Crippen molar-refractivity contribution in [2.45, 2.75) is 19.9 Å². The number of aromatic nitrogens is 1. The van der Waals surface area contributed by atoms with Crippen molar-refractivity contribution < 1.29 is 14.2 Å². The van der Waals surface area contributed by atoms with Crippen LogP contribution in [0.3, 0.4) is 0 Å². The minimum atomic E-state index is -0.586. The van der Waals surface area contributed by atoms with E-state index in [1.807, 2.05) is 0 Å². The Kier molecular flexibility index (Phi) is 5.74. The van der Waals surface area contributed by atoms with Gasteiger partial charge in [0, 0.05) is 30.4 Å². The maximum Gasteiger partial charge on any atom is 0.269 e. The Bertz CT molecular complexity index is 1010. The van der Waals surface area contributed by atoms with Crippen LogP contribution >= 0.6 is 12.2 Å². The lowest BCUT2D eigenvalue weighted by Gasteiger charge is -2.37. The standard InChI is InChI=1S/C19H19N5O4S/c1-4-9-23-12(3)16(18(25)20-15-10-11(2)28-22-15)17(21-19(23)29)13-5-7-14(8-6-13)24(26)27/h4-8,10,17H,1,9H2,2-3H3,(H,21,29)(H,20,22,25)/t17-/m0/s1. The third kappa shape index (κ3) is 4.16. The highest BCUT2D eigenvalue weighted by molar-refractivity contribution is 7.80. The number of hydrogen-bond acceptors (Lipinski definition) is 6. The van der Waals surface area contributed by atoms with Crippen molar-refractivity contribution in [1.82, 2.24) is 15.4 Å². The van der Waals surface area contributed by atoms with Gasteiger partial charge in [-0.2, -0.15) is 0 Å². The van der Waals surface area contributed by atoms with Crippen LogP contribution in [0.25, 0.3) is 0 Å². The first-order valence-electron chi connectivity index (χ1n) is 8.70. The average molecular weight is 413 g/mol. The Morgan fingerprint density at radius 1 is 1.45 bits per heavy atom. The Labute approximate surface area is 172 Å². The van der Waals surface area contributed by atoms with Gasteiger partial charge in [-0.3, -0.25) is 14.9 Å². The topological polar surface area (TPSA) is 114 Å². The van der Waals surface area contributed by atoms with Crippen LogP contribution in [0.15, 0.2) is 58.8 Å². The molecule has 10 heteroatoms. The fourth-order valence-electron chi connectivity index (χ4n) is 3.07. The molecule has 1 aromatic heterocycles. The number of rotatable bonds is 6. The SMILES string of the molecule is C=CCN1C(=S)N[C@@H](c2ccc([N+](=O)[O-])cc2)C(C(=O)Nc2cc(C)on2)=C1C. The van der Waals surface area contributed by atoms with Crippen molar-refractivity contribution in [3.8, 4) is 0 Å². The highest BCUT2D eigenvalue weighted by atomic mass is 32.1. The summed E-state index contributed by atoms with van der Waals surface area (Å²) in [5, 5.41) is 21.0. The summed E-state index contributed by atoms with van der Waals surface area (Å²) in [4.78, 5) is 25.3. The number of nitrogens with zero attached hydrogens (tertiary/aromatic N) is 3. The number of anilines is 1. The van der Waals surface area contributed by atoms with E-state index in [-0.39, 0.29) is 11.6 Å². The summed E-state index contributed by atoms with van der Waals surface area (Å²) < 4.78 is 5.00. The monoisotopic (exact) mass is 413 g/mol. The molecular formula is C19H19N5O4S. The van der Waals surface area contributed by atoms with E-state index in [0.717, 1.165) is 0 Å². The van der Waals surface area contributed by atoms with E-state index in [9.17, 15) is 14.9 Å². The molecule has 9 nitrogen and oxygen atoms in total. The number of nitrogens with one attached hydrogen (secondary N) is 2. The van der Waals surface area contributed by atoms with Crippen molar-refractivity contribution in [3.63, 3.8) is 0 Å². The molecule has 0 bridgehead atoms. The molecule has 0 saturated carbocycles. The second-order valence-electron chi connectivity index (χ2n) is 6.41. The van der Waals surface area contributed by atoms with E-state index in [2.05, 4.69) is 22.4 Å². The van der Waals surface area contributed by atoms with Crippen molar-refractivity contribution in [2.24, 2.45) is 0 Å². The van der Waals surface area contributed by atoms with Crippen LogP contribution in [0.4, 0.5) is 11.5 Å². The summed E-state index contributed by atoms with van der Waals surface area (Å²) in [5.74, 6) is 0.469. The molecule has 2 heterocycles. The summed E-state index contributed by atoms with van der Waals surface area (Å²) in [6, 6.07) is 7.00. The van der Waals surface area contributed by atoms with Gasteiger partial charge in [0.25, 0.3) is 11.6 Å². The number of non-ortho nitro benzene ring substituents is 1. The number of aryl methyl sites for hydroxylation is 1. The van der Waals surface area contributed by atoms with Crippen molar-refractivity contribution in [2.75, 3.05) is 11.9 Å². The maximum absolute atomic E-state index is 13.1. The number of thiocarbonyl (C=S) groups is 1. The van der Waals surface area contributed by atoms with Gasteiger partial charge in [-0.25, -0.2) is 0 Å². The molecule has 0 aliphatic carbocycles. The quantitative estimate of drug-likeness (QED) is 0.321. The molecule has 0 spiro atoms. The fourth-order valence-corrected chi connectivity index (χ4v) is 3.40. The number of allylic oxidation sites excluding steroid dienone is 1. The summed E-state index contributed by atoms with van der Waals surface area (Å²) in [7, 11) is 0. The lowest BCUT2D eigenvalue weighted by atomic mass is 9.94. The van der Waals surface area contributed by atoms with Gasteiger partial charge >= 0.3 is 0 Å². The van der Waals surface area contributed by atoms with Crippen LogP contribution < -0.4 is 10.6 Å². The largest absolute Gasteiger partial charge is 0.360 e. The molecule has 2 N–H and O–H groups in total. The van der Waals surface area contributed by atoms with Crippen LogP contribution in [0.2, 0.25) is 0 Å². The third-order valence-corrected chi connectivity index (χ3v) is 4.80. The van der Waals surface area contributed by atoms with Gasteiger partial charge in [0.1, 0.15) is 5.76 Å². The summed E-state index contributed by atoms with van der Waals surface area (Å²) in [6.07, 6.45) is 1.68. The molecule has 150 valence electrons. The second-order valence-corrected chi connectivity index (χ2v) is 6.79. The van der Waals surface area contributed by atoms with E-state index < -0.39 is 11.0 Å². The number of benzene rings is 1. The van der Waals surface area contributed by atoms with E-state index in [1.54, 1.807) is 43.0 Å². The molecule has 3 rings (SSSR count). The Morgan fingerprint density at radius 2 is 2.14 bits per heavy atom. The van der Waals surface area contributed by atoms with Crippen LogP contribution in [0.1, 0.15) is 24.3 Å². The number of hydrogen-bond donors (Lipinski definition) is 2. The highest BCUT2D eigenvalue weighted by Gasteiger charge is 2.34. The van der Waals surface area contributed by atoms with Crippen molar-refractivity contribution in [3.05, 3.63) is 75.7 Å². The molecule has 1 aromatic carbocycles. The minimum absolute atomic E-state index is 0.0369. The van der Waals surface area contributed by atoms with Gasteiger partial charge in [0.2, 0.25) is 0 Å². The number of carbonyl (C=O) groups is 1. The predicted molar refractivity (Wildman–Crippen MR) is 111 cm³/mol. The molecule has 1 amide bonds. The molecular weight excluding hydrogens is 394 g/mol. The molecule has 29 heavy (non-hydrogen) atoms. The van der Waals surface area contributed by atoms with E-state index in [1.165, 1.54) is 12.1 Å². The van der Waals surface area contributed by atoms with Crippen LogP contribution in [-0.2, 0) is 4.79 Å². The van der Waals surface area contributed by atoms with Gasteiger partial charge in [-0.05, 0) is 43.8 Å². The molecule has 1 aliphatic rings. The normalized spacial score (nSPS) is 16.4. The summed E-state index contributed by atoms with van der Waals surface area (Å²) >= 11 is 5.45. The van der Waals surface area contributed by atoms with Gasteiger partial charge in [0.15, 0.2) is 10.9 Å². The maximum atomic E-state index is 13.1. The molecule has 0 fully saturated rings. The first-order chi connectivity index (χ1) is 13.8. The number of nitro groups is 1. The van der Waals surface area contributed by atoms with Gasteiger partial charge in [-0.15, -0.1) is 6.58 Å². The summed E-state index contributed by atoms with van der Waals surface area (Å²) in [5.41, 5.74) is 1.69. The lowest BCUT2D eigenvalue weighted by Crippen LogP contribution is -2.48. The fraction of sp³-hybridized carbons (Fsp3) is 0.211. The Balaban J connectivity index is 2.02. The first kappa shape index (κ1) is 20.2. The zero-order valence-electron chi connectivity index (χ0n) is 15.8. The molecule has 0 saturated heterocycles. The van der Waals surface area contributed by atoms with Gasteiger partial charge in [-0.1, -0.05) is 11.2 Å². The number of nitro benzene ring substituents is 1. The van der Waals surface area contributed by atoms with Crippen LogP contribution in [-0.4, -0.2) is 32.5 Å². The summed E-state index contributed by atoms with van der Waals surface area (Å²) in [6.45, 7) is 7.66. The Morgan fingerprint density at radius 3 is 2.69 bits per heavy atom. The first-order valence-corrected chi connectivity index (χ1v) is 9.11. The Hall–Kier alpha value is -3.53. The third-order valence-electron chi connectivity index (χ3n) is 4.46. The van der Waals surface area contributed by atoms with Crippen LogP contribution in [0.5, 0.6) is 0 Å². The van der Waals surface area contributed by atoms with E-state index in [0.29, 0.717) is 40.1 Å². The second kappa shape index (κ2) is 8.23. The highest BCUT2D eigenvalue weighted by Crippen LogP contribution is 2.32. The smallest absolute Gasteiger partial charge is 0.269 e. The van der Waals surface area contributed by atoms with Crippen LogP contribution in [0, 0.1) is 17.0 Å². The molecule has 0 radical (unpaired) electrons. The predicted octanol–water partition coefficient (Wildman–Crippen LogP) is 3.22.